The highest BCUT2D eigenvalue weighted by molar-refractivity contribution is 5.94. The highest BCUT2D eigenvalue weighted by Crippen LogP contribution is 2.28. The van der Waals surface area contributed by atoms with Gasteiger partial charge in [0.05, 0.1) is 5.69 Å². The summed E-state index contributed by atoms with van der Waals surface area (Å²) < 4.78 is 13.5. The minimum Gasteiger partial charge on any atom is -0.256 e. The Morgan fingerprint density at radius 2 is 1.63 bits per heavy atom. The molecule has 0 radical (unpaired) electrons. The van der Waals surface area contributed by atoms with Crippen LogP contribution in [0.5, 0.6) is 0 Å². The van der Waals surface area contributed by atoms with Gasteiger partial charge in [-0.1, -0.05) is 23.3 Å². The highest BCUT2D eigenvalue weighted by atomic mass is 19.1. The van der Waals surface area contributed by atoms with Crippen LogP contribution in [0, 0.1) is 19.7 Å². The second-order valence-electron chi connectivity index (χ2n) is 4.90. The monoisotopic (exact) mass is 251 g/mol. The lowest BCUT2D eigenvalue weighted by atomic mass is 10.0. The van der Waals surface area contributed by atoms with Gasteiger partial charge in [0.2, 0.25) is 0 Å². The van der Waals surface area contributed by atoms with Gasteiger partial charge in [-0.05, 0) is 49.6 Å². The molecular weight excluding hydrogens is 237 g/mol. The van der Waals surface area contributed by atoms with E-state index in [0.717, 1.165) is 22.0 Å². The predicted molar refractivity (Wildman–Crippen MR) is 76.6 cm³/mol. The van der Waals surface area contributed by atoms with Gasteiger partial charge in [0.1, 0.15) is 5.82 Å². The van der Waals surface area contributed by atoms with Crippen molar-refractivity contribution in [3.8, 4) is 11.3 Å². The second kappa shape index (κ2) is 4.47. The molecule has 2 heteroatoms. The molecule has 3 rings (SSSR count). The van der Waals surface area contributed by atoms with Crippen LogP contribution in [-0.2, 0) is 0 Å². The summed E-state index contributed by atoms with van der Waals surface area (Å²) in [5.74, 6) is -0.230. The smallest absolute Gasteiger partial charge is 0.123 e. The minimum absolute atomic E-state index is 0.230. The zero-order valence-electron chi connectivity index (χ0n) is 10.9. The van der Waals surface area contributed by atoms with Crippen molar-refractivity contribution in [3.05, 3.63) is 65.6 Å². The van der Waals surface area contributed by atoms with Crippen LogP contribution in [0.2, 0.25) is 0 Å². The van der Waals surface area contributed by atoms with Crippen molar-refractivity contribution in [2.75, 3.05) is 0 Å². The largest absolute Gasteiger partial charge is 0.256 e. The number of fused-ring (bicyclic) bond motifs is 1. The quantitative estimate of drug-likeness (QED) is 0.613. The Morgan fingerprint density at radius 3 is 2.37 bits per heavy atom. The number of hydrogen-bond donors (Lipinski definition) is 0. The summed E-state index contributed by atoms with van der Waals surface area (Å²) in [5, 5.41) is 1.86. The maximum atomic E-state index is 13.5. The first-order chi connectivity index (χ1) is 9.13. The number of rotatable bonds is 1. The van der Waals surface area contributed by atoms with E-state index in [0.29, 0.717) is 0 Å². The van der Waals surface area contributed by atoms with Crippen LogP contribution in [0.3, 0.4) is 0 Å². The third-order valence-corrected chi connectivity index (χ3v) is 3.22. The van der Waals surface area contributed by atoms with E-state index in [4.69, 9.17) is 0 Å². The van der Waals surface area contributed by atoms with Crippen LogP contribution in [0.4, 0.5) is 4.39 Å². The molecule has 0 N–H and O–H groups in total. The predicted octanol–water partition coefficient (Wildman–Crippen LogP) is 4.66. The van der Waals surface area contributed by atoms with Crippen LogP contribution in [0.15, 0.2) is 48.7 Å². The zero-order chi connectivity index (χ0) is 13.4. The van der Waals surface area contributed by atoms with Gasteiger partial charge in [0.25, 0.3) is 0 Å². The van der Waals surface area contributed by atoms with Crippen LogP contribution >= 0.6 is 0 Å². The molecule has 1 nitrogen and oxygen atoms in total. The Kier molecular flexibility index (Phi) is 2.79. The Morgan fingerprint density at radius 1 is 0.895 bits per heavy atom. The van der Waals surface area contributed by atoms with Crippen molar-refractivity contribution in [2.45, 2.75) is 13.8 Å². The fraction of sp³-hybridized carbons (Fsp3) is 0.118. The third kappa shape index (κ3) is 2.22. The maximum Gasteiger partial charge on any atom is 0.123 e. The van der Waals surface area contributed by atoms with Crippen LogP contribution < -0.4 is 0 Å². The van der Waals surface area contributed by atoms with Crippen molar-refractivity contribution < 1.29 is 4.39 Å². The molecule has 94 valence electrons. The lowest BCUT2D eigenvalue weighted by molar-refractivity contribution is 0.629. The average Bonchev–Trinajstić information content (AvgIpc) is 2.36. The van der Waals surface area contributed by atoms with E-state index < -0.39 is 0 Å². The molecule has 2 aromatic carbocycles. The Bertz CT molecular complexity index is 742. The molecule has 0 unspecified atom stereocenters. The van der Waals surface area contributed by atoms with E-state index in [1.165, 1.54) is 17.2 Å². The molecule has 19 heavy (non-hydrogen) atoms. The number of aryl methyl sites for hydroxylation is 2. The standard InChI is InChI=1S/C17H14FN/c1-11-7-12(2)9-14(8-11)17-16-10-15(18)4-3-13(16)5-6-19-17/h3-10H,1-2H3. The number of halogens is 1. The van der Waals surface area contributed by atoms with Gasteiger partial charge < -0.3 is 0 Å². The van der Waals surface area contributed by atoms with E-state index >= 15 is 0 Å². The molecule has 1 heterocycles. The molecule has 0 atom stereocenters. The first-order valence-electron chi connectivity index (χ1n) is 6.26. The van der Waals surface area contributed by atoms with Crippen molar-refractivity contribution in [3.63, 3.8) is 0 Å². The van der Waals surface area contributed by atoms with Crippen LogP contribution in [0.1, 0.15) is 11.1 Å². The summed E-state index contributed by atoms with van der Waals surface area (Å²) in [6, 6.07) is 13.0. The Balaban J connectivity index is 2.32. The highest BCUT2D eigenvalue weighted by Gasteiger charge is 2.07. The van der Waals surface area contributed by atoms with Crippen molar-refractivity contribution in [1.29, 1.82) is 0 Å². The fourth-order valence-corrected chi connectivity index (χ4v) is 2.48. The number of nitrogens with zero attached hydrogens (tertiary/aromatic N) is 1. The van der Waals surface area contributed by atoms with E-state index in [9.17, 15) is 4.39 Å². The first-order valence-corrected chi connectivity index (χ1v) is 6.26. The van der Waals surface area contributed by atoms with Crippen LogP contribution in [0.25, 0.3) is 22.0 Å². The molecule has 0 spiro atoms. The number of benzene rings is 2. The summed E-state index contributed by atoms with van der Waals surface area (Å²) >= 11 is 0. The van der Waals surface area contributed by atoms with Gasteiger partial charge in [-0.3, -0.25) is 4.98 Å². The number of hydrogen-bond acceptors (Lipinski definition) is 1. The third-order valence-electron chi connectivity index (χ3n) is 3.22. The summed E-state index contributed by atoms with van der Waals surface area (Å²) in [5.41, 5.74) is 4.24. The van der Waals surface area contributed by atoms with E-state index in [-0.39, 0.29) is 5.82 Å². The zero-order valence-corrected chi connectivity index (χ0v) is 10.9. The first kappa shape index (κ1) is 11.8. The molecule has 0 aliphatic carbocycles. The number of aromatic nitrogens is 1. The Hall–Kier alpha value is -2.22. The maximum absolute atomic E-state index is 13.5. The molecule has 0 saturated heterocycles. The van der Waals surface area contributed by atoms with Crippen molar-refractivity contribution in [2.24, 2.45) is 0 Å². The minimum atomic E-state index is -0.230. The molecule has 0 amide bonds. The normalized spacial score (nSPS) is 10.9. The van der Waals surface area contributed by atoms with Gasteiger partial charge in [0.15, 0.2) is 0 Å². The molecule has 3 aromatic rings. The molecule has 0 fully saturated rings. The van der Waals surface area contributed by atoms with Gasteiger partial charge >= 0.3 is 0 Å². The van der Waals surface area contributed by atoms with E-state index in [2.05, 4.69) is 37.0 Å². The Labute approximate surface area is 111 Å². The van der Waals surface area contributed by atoms with Gasteiger partial charge in [-0.15, -0.1) is 0 Å². The summed E-state index contributed by atoms with van der Waals surface area (Å²) in [6.07, 6.45) is 1.77. The summed E-state index contributed by atoms with van der Waals surface area (Å²) in [6.45, 7) is 4.12. The lowest BCUT2D eigenvalue weighted by Crippen LogP contribution is -1.89. The summed E-state index contributed by atoms with van der Waals surface area (Å²) in [4.78, 5) is 4.43. The molecule has 1 aromatic heterocycles. The summed E-state index contributed by atoms with van der Waals surface area (Å²) in [7, 11) is 0. The molecule has 0 aliphatic heterocycles. The van der Waals surface area contributed by atoms with E-state index in [1.807, 2.05) is 6.07 Å². The average molecular weight is 251 g/mol. The lowest BCUT2D eigenvalue weighted by Gasteiger charge is -2.08. The van der Waals surface area contributed by atoms with Gasteiger partial charge in [-0.2, -0.15) is 0 Å². The van der Waals surface area contributed by atoms with Crippen LogP contribution in [-0.4, -0.2) is 4.98 Å². The van der Waals surface area contributed by atoms with Crippen molar-refractivity contribution >= 4 is 10.8 Å². The van der Waals surface area contributed by atoms with Crippen molar-refractivity contribution in [1.82, 2.24) is 4.98 Å². The fourth-order valence-electron chi connectivity index (χ4n) is 2.48. The van der Waals surface area contributed by atoms with Gasteiger partial charge in [0, 0.05) is 17.1 Å². The van der Waals surface area contributed by atoms with Gasteiger partial charge in [-0.25, -0.2) is 4.39 Å². The molecule has 0 aliphatic rings. The topological polar surface area (TPSA) is 12.9 Å². The van der Waals surface area contributed by atoms with E-state index in [1.54, 1.807) is 18.3 Å². The molecular formula is C17H14FN. The molecule has 0 saturated carbocycles. The molecule has 0 bridgehead atoms. The second-order valence-corrected chi connectivity index (χ2v) is 4.90. The SMILES string of the molecule is Cc1cc(C)cc(-c2nccc3ccc(F)cc23)c1. The number of pyridine rings is 1.